The van der Waals surface area contributed by atoms with E-state index < -0.39 is 6.04 Å². The fourth-order valence-electron chi connectivity index (χ4n) is 2.26. The van der Waals surface area contributed by atoms with Crippen LogP contribution in [0.2, 0.25) is 0 Å². The summed E-state index contributed by atoms with van der Waals surface area (Å²) in [6, 6.07) is 6.54. The molecule has 0 aliphatic rings. The van der Waals surface area contributed by atoms with Crippen LogP contribution in [0.15, 0.2) is 28.7 Å². The minimum absolute atomic E-state index is 0.0948. The molecular formula is C19H28BrN3O3S. The number of benzene rings is 1. The van der Waals surface area contributed by atoms with Crippen LogP contribution >= 0.6 is 27.7 Å². The van der Waals surface area contributed by atoms with Crippen molar-refractivity contribution in [2.45, 2.75) is 45.2 Å². The van der Waals surface area contributed by atoms with Gasteiger partial charge in [0.05, 0.1) is 5.56 Å². The second-order valence-corrected chi connectivity index (χ2v) is 8.05. The Morgan fingerprint density at radius 2 is 1.89 bits per heavy atom. The molecule has 0 radical (unpaired) electrons. The second kappa shape index (κ2) is 12.8. The topological polar surface area (TPSA) is 87.3 Å². The van der Waals surface area contributed by atoms with E-state index in [-0.39, 0.29) is 36.7 Å². The second-order valence-electron chi connectivity index (χ2n) is 6.21. The fourth-order valence-corrected chi connectivity index (χ4v) is 3.19. The summed E-state index contributed by atoms with van der Waals surface area (Å²) in [5.41, 5.74) is 0.479. The molecule has 0 spiro atoms. The molecular weight excluding hydrogens is 430 g/mol. The number of carbonyl (C=O) groups excluding carboxylic acids is 3. The Labute approximate surface area is 173 Å². The highest BCUT2D eigenvalue weighted by Gasteiger charge is 2.22. The molecule has 27 heavy (non-hydrogen) atoms. The Morgan fingerprint density at radius 3 is 2.52 bits per heavy atom. The molecule has 0 heterocycles. The average molecular weight is 458 g/mol. The predicted molar refractivity (Wildman–Crippen MR) is 114 cm³/mol. The zero-order valence-electron chi connectivity index (χ0n) is 16.0. The van der Waals surface area contributed by atoms with Crippen LogP contribution in [0.1, 0.15) is 43.5 Å². The smallest absolute Gasteiger partial charge is 0.253 e. The maximum absolute atomic E-state index is 12.5. The lowest BCUT2D eigenvalue weighted by molar-refractivity contribution is -0.123. The van der Waals surface area contributed by atoms with Gasteiger partial charge in [-0.3, -0.25) is 14.4 Å². The first kappa shape index (κ1) is 23.5. The first-order valence-electron chi connectivity index (χ1n) is 9.00. The van der Waals surface area contributed by atoms with Crippen molar-refractivity contribution in [1.82, 2.24) is 16.0 Å². The zero-order chi connectivity index (χ0) is 20.2. The Bertz CT molecular complexity index is 642. The molecule has 1 aromatic carbocycles. The van der Waals surface area contributed by atoms with Gasteiger partial charge in [-0.1, -0.05) is 19.1 Å². The largest absolute Gasteiger partial charge is 0.354 e. The Hall–Kier alpha value is -1.54. The molecule has 8 heteroatoms. The normalized spacial score (nSPS) is 12.7. The first-order valence-corrected chi connectivity index (χ1v) is 11.2. The lowest BCUT2D eigenvalue weighted by atomic mass is 10.1. The quantitative estimate of drug-likeness (QED) is 0.476. The van der Waals surface area contributed by atoms with Crippen molar-refractivity contribution in [3.8, 4) is 0 Å². The van der Waals surface area contributed by atoms with Gasteiger partial charge in [-0.15, -0.1) is 0 Å². The van der Waals surface area contributed by atoms with Crippen molar-refractivity contribution in [1.29, 1.82) is 0 Å². The molecule has 3 amide bonds. The number of nitrogens with one attached hydrogen (secondary N) is 3. The van der Waals surface area contributed by atoms with Crippen LogP contribution in [-0.2, 0) is 9.59 Å². The van der Waals surface area contributed by atoms with Crippen LogP contribution < -0.4 is 16.0 Å². The zero-order valence-corrected chi connectivity index (χ0v) is 18.4. The number of carbonyl (C=O) groups is 3. The summed E-state index contributed by atoms with van der Waals surface area (Å²) in [5, 5.41) is 8.40. The first-order chi connectivity index (χ1) is 12.9. The number of halogens is 1. The summed E-state index contributed by atoms with van der Waals surface area (Å²) < 4.78 is 0.674. The number of hydrogen-bond donors (Lipinski definition) is 3. The molecule has 0 aliphatic heterocycles. The van der Waals surface area contributed by atoms with Gasteiger partial charge in [-0.05, 0) is 59.8 Å². The average Bonchev–Trinajstić information content (AvgIpc) is 2.64. The third-order valence-electron chi connectivity index (χ3n) is 4.02. The fraction of sp³-hybridized carbons (Fsp3) is 0.526. The Balaban J connectivity index is 2.59. The third-order valence-corrected chi connectivity index (χ3v) is 5.36. The minimum atomic E-state index is -0.644. The van der Waals surface area contributed by atoms with E-state index in [2.05, 4.69) is 31.9 Å². The third kappa shape index (κ3) is 8.79. The lowest BCUT2D eigenvalue weighted by Crippen LogP contribution is -2.48. The molecule has 0 saturated carbocycles. The van der Waals surface area contributed by atoms with E-state index in [1.54, 1.807) is 30.0 Å². The van der Waals surface area contributed by atoms with Crippen LogP contribution in [0.5, 0.6) is 0 Å². The predicted octanol–water partition coefficient (Wildman–Crippen LogP) is 2.72. The van der Waals surface area contributed by atoms with Gasteiger partial charge in [-0.2, -0.15) is 11.8 Å². The molecule has 2 atom stereocenters. The van der Waals surface area contributed by atoms with Crippen LogP contribution in [0.4, 0.5) is 0 Å². The van der Waals surface area contributed by atoms with Crippen molar-refractivity contribution in [3.05, 3.63) is 34.3 Å². The summed E-state index contributed by atoms with van der Waals surface area (Å²) in [6.07, 6.45) is 3.53. The molecule has 6 nitrogen and oxygen atoms in total. The van der Waals surface area contributed by atoms with E-state index in [4.69, 9.17) is 0 Å². The molecule has 0 aromatic heterocycles. The minimum Gasteiger partial charge on any atom is -0.354 e. The van der Waals surface area contributed by atoms with Gasteiger partial charge < -0.3 is 16.0 Å². The lowest BCUT2D eigenvalue weighted by Gasteiger charge is -2.19. The summed E-state index contributed by atoms with van der Waals surface area (Å²) in [7, 11) is 0. The molecule has 2 unspecified atom stereocenters. The molecule has 3 N–H and O–H groups in total. The van der Waals surface area contributed by atoms with Crippen LogP contribution in [0.25, 0.3) is 0 Å². The van der Waals surface area contributed by atoms with Crippen LogP contribution in [0.3, 0.4) is 0 Å². The van der Waals surface area contributed by atoms with Gasteiger partial charge in [0.25, 0.3) is 5.91 Å². The van der Waals surface area contributed by atoms with E-state index in [0.29, 0.717) is 16.5 Å². The maximum Gasteiger partial charge on any atom is 0.253 e. The molecule has 0 saturated heterocycles. The van der Waals surface area contributed by atoms with Crippen molar-refractivity contribution < 1.29 is 14.4 Å². The number of hydrogen-bond acceptors (Lipinski definition) is 4. The van der Waals surface area contributed by atoms with Gasteiger partial charge in [0.1, 0.15) is 6.04 Å². The highest BCUT2D eigenvalue weighted by Crippen LogP contribution is 2.16. The standard InChI is InChI=1S/C19H28BrN3O3S/c1-4-13(2)22-17(24)9-11-21-19(26)16(10-12-27-3)23-18(25)14-7-5-6-8-15(14)20/h5-8,13,16H,4,9-12H2,1-3H3,(H,21,26)(H,22,24)(H,23,25). The number of thioether (sulfide) groups is 1. The van der Waals surface area contributed by atoms with E-state index in [9.17, 15) is 14.4 Å². The monoisotopic (exact) mass is 457 g/mol. The van der Waals surface area contributed by atoms with Crippen molar-refractivity contribution >= 4 is 45.4 Å². The van der Waals surface area contributed by atoms with Crippen LogP contribution in [-0.4, -0.2) is 48.4 Å². The van der Waals surface area contributed by atoms with Gasteiger partial charge in [0.15, 0.2) is 0 Å². The molecule has 150 valence electrons. The van der Waals surface area contributed by atoms with Crippen LogP contribution in [0, 0.1) is 0 Å². The van der Waals surface area contributed by atoms with Crippen molar-refractivity contribution in [2.24, 2.45) is 0 Å². The molecule has 0 fully saturated rings. The van der Waals surface area contributed by atoms with E-state index >= 15 is 0 Å². The summed E-state index contributed by atoms with van der Waals surface area (Å²) in [6.45, 7) is 4.17. The van der Waals surface area contributed by atoms with Crippen molar-refractivity contribution in [3.63, 3.8) is 0 Å². The summed E-state index contributed by atoms with van der Waals surface area (Å²) in [5.74, 6) is 0.0598. The van der Waals surface area contributed by atoms with Gasteiger partial charge in [-0.25, -0.2) is 0 Å². The van der Waals surface area contributed by atoms with Gasteiger partial charge in [0, 0.05) is 23.5 Å². The molecule has 1 aromatic rings. The molecule has 1 rings (SSSR count). The van der Waals surface area contributed by atoms with Gasteiger partial charge >= 0.3 is 0 Å². The molecule has 0 aliphatic carbocycles. The van der Waals surface area contributed by atoms with E-state index in [1.165, 1.54) is 0 Å². The highest BCUT2D eigenvalue weighted by atomic mass is 79.9. The SMILES string of the molecule is CCC(C)NC(=O)CCNC(=O)C(CCSC)NC(=O)c1ccccc1Br. The Kier molecular flexibility index (Phi) is 11.1. The molecule has 0 bridgehead atoms. The highest BCUT2D eigenvalue weighted by molar-refractivity contribution is 9.10. The number of rotatable bonds is 11. The number of amides is 3. The van der Waals surface area contributed by atoms with E-state index in [0.717, 1.165) is 12.2 Å². The van der Waals surface area contributed by atoms with Crippen molar-refractivity contribution in [2.75, 3.05) is 18.6 Å². The van der Waals surface area contributed by atoms with E-state index in [1.807, 2.05) is 26.2 Å². The maximum atomic E-state index is 12.5. The van der Waals surface area contributed by atoms with Gasteiger partial charge in [0.2, 0.25) is 11.8 Å². The summed E-state index contributed by atoms with van der Waals surface area (Å²) in [4.78, 5) is 36.8. The summed E-state index contributed by atoms with van der Waals surface area (Å²) >= 11 is 4.96. The Morgan fingerprint density at radius 1 is 1.19 bits per heavy atom.